The lowest BCUT2D eigenvalue weighted by Gasteiger charge is -2.10. The van der Waals surface area contributed by atoms with Crippen LogP contribution in [0.3, 0.4) is 0 Å². The molecule has 0 fully saturated rings. The van der Waals surface area contributed by atoms with E-state index in [0.29, 0.717) is 24.0 Å². The number of unbranched alkanes of at least 4 members (excludes halogenated alkanes) is 2. The summed E-state index contributed by atoms with van der Waals surface area (Å²) < 4.78 is 5.27. The summed E-state index contributed by atoms with van der Waals surface area (Å²) in [5.74, 6) is 2.71. The van der Waals surface area contributed by atoms with Gasteiger partial charge in [0.05, 0.1) is 6.26 Å². The second-order valence-electron chi connectivity index (χ2n) is 4.91. The highest BCUT2D eigenvalue weighted by atomic mass is 127. The summed E-state index contributed by atoms with van der Waals surface area (Å²) in [5, 5.41) is 13.6. The van der Waals surface area contributed by atoms with E-state index in [9.17, 15) is 0 Å². The lowest BCUT2D eigenvalue weighted by molar-refractivity contribution is 0.577. The van der Waals surface area contributed by atoms with E-state index in [1.165, 1.54) is 12.8 Å². The lowest BCUT2D eigenvalue weighted by atomic mass is 10.2. The number of nitrogens with one attached hydrogen (secondary N) is 3. The summed E-state index contributed by atoms with van der Waals surface area (Å²) in [7, 11) is 0. The smallest absolute Gasteiger partial charge is 0.216 e. The highest BCUT2D eigenvalue weighted by Crippen LogP contribution is 2.14. The molecule has 128 valence electrons. The van der Waals surface area contributed by atoms with Gasteiger partial charge < -0.3 is 15.1 Å². The molecule has 8 heteroatoms. The van der Waals surface area contributed by atoms with Gasteiger partial charge in [-0.15, -0.1) is 29.1 Å². The number of nitrogens with zero attached hydrogens (tertiary/aromatic N) is 3. The van der Waals surface area contributed by atoms with Crippen LogP contribution in [-0.2, 0) is 6.54 Å². The van der Waals surface area contributed by atoms with E-state index < -0.39 is 0 Å². The van der Waals surface area contributed by atoms with E-state index in [1.54, 1.807) is 6.26 Å². The molecule has 0 spiro atoms. The van der Waals surface area contributed by atoms with Crippen LogP contribution >= 0.6 is 24.0 Å². The Hall–Kier alpha value is -1.58. The molecule has 3 N–H and O–H groups in total. The average molecular weight is 432 g/mol. The van der Waals surface area contributed by atoms with Crippen LogP contribution in [0.5, 0.6) is 0 Å². The van der Waals surface area contributed by atoms with Crippen molar-refractivity contribution in [2.45, 2.75) is 39.7 Å². The molecule has 0 radical (unpaired) electrons. The second kappa shape index (κ2) is 11.0. The Kier molecular flexibility index (Phi) is 9.34. The van der Waals surface area contributed by atoms with E-state index >= 15 is 0 Å². The summed E-state index contributed by atoms with van der Waals surface area (Å²) in [4.78, 5) is 8.88. The maximum atomic E-state index is 5.27. The molecule has 0 aliphatic heterocycles. The van der Waals surface area contributed by atoms with Crippen LogP contribution in [0.2, 0.25) is 0 Å². The highest BCUT2D eigenvalue weighted by Gasteiger charge is 2.07. The summed E-state index contributed by atoms with van der Waals surface area (Å²) in [5.41, 5.74) is 0. The van der Waals surface area contributed by atoms with Crippen molar-refractivity contribution in [3.8, 4) is 11.6 Å². The second-order valence-corrected chi connectivity index (χ2v) is 4.91. The van der Waals surface area contributed by atoms with Crippen LogP contribution in [-0.4, -0.2) is 34.2 Å². The van der Waals surface area contributed by atoms with Crippen molar-refractivity contribution in [3.63, 3.8) is 0 Å². The predicted molar refractivity (Wildman–Crippen MR) is 102 cm³/mol. The minimum atomic E-state index is 0. The Morgan fingerprint density at radius 3 is 2.87 bits per heavy atom. The summed E-state index contributed by atoms with van der Waals surface area (Å²) >= 11 is 0. The van der Waals surface area contributed by atoms with Crippen molar-refractivity contribution in [1.82, 2.24) is 25.8 Å². The molecule has 0 atom stereocenters. The fourth-order valence-electron chi connectivity index (χ4n) is 1.96. The number of halogens is 1. The number of furan rings is 1. The van der Waals surface area contributed by atoms with Crippen molar-refractivity contribution in [2.75, 3.05) is 13.1 Å². The van der Waals surface area contributed by atoms with Crippen molar-refractivity contribution in [1.29, 1.82) is 0 Å². The number of aromatic nitrogens is 3. The van der Waals surface area contributed by atoms with Gasteiger partial charge in [0, 0.05) is 13.1 Å². The lowest BCUT2D eigenvalue weighted by Crippen LogP contribution is -2.37. The molecule has 0 aliphatic carbocycles. The highest BCUT2D eigenvalue weighted by molar-refractivity contribution is 14.0. The van der Waals surface area contributed by atoms with Crippen molar-refractivity contribution in [3.05, 3.63) is 24.2 Å². The number of aromatic amines is 1. The fraction of sp³-hybridized carbons (Fsp3) is 0.533. The fourth-order valence-corrected chi connectivity index (χ4v) is 1.96. The Morgan fingerprint density at radius 1 is 1.30 bits per heavy atom. The zero-order chi connectivity index (χ0) is 15.6. The standard InChI is InChI=1S/C15H24N6O.HI/c1-3-5-6-9-17-15(16-4-2)18-11-13-19-14(21-20-13)12-8-7-10-22-12;/h7-8,10H,3-6,9,11H2,1-2H3,(H2,16,17,18)(H,19,20,21);1H. The maximum Gasteiger partial charge on any atom is 0.216 e. The van der Waals surface area contributed by atoms with Crippen molar-refractivity contribution < 1.29 is 4.42 Å². The zero-order valence-corrected chi connectivity index (χ0v) is 16.0. The topological polar surface area (TPSA) is 91.1 Å². The number of hydrogen-bond donors (Lipinski definition) is 3. The van der Waals surface area contributed by atoms with Gasteiger partial charge in [-0.2, -0.15) is 0 Å². The van der Waals surface area contributed by atoms with Gasteiger partial charge in [0.1, 0.15) is 12.4 Å². The van der Waals surface area contributed by atoms with E-state index in [4.69, 9.17) is 4.42 Å². The van der Waals surface area contributed by atoms with Gasteiger partial charge in [-0.1, -0.05) is 19.8 Å². The number of hydrogen-bond acceptors (Lipinski definition) is 4. The Labute approximate surface area is 153 Å². The Bertz CT molecular complexity index is 566. The van der Waals surface area contributed by atoms with Crippen LogP contribution in [0.1, 0.15) is 38.9 Å². The molecule has 2 aromatic rings. The van der Waals surface area contributed by atoms with Crippen molar-refractivity contribution in [2.24, 2.45) is 4.99 Å². The van der Waals surface area contributed by atoms with Gasteiger partial charge in [0.2, 0.25) is 5.82 Å². The van der Waals surface area contributed by atoms with Crippen LogP contribution in [0.25, 0.3) is 11.6 Å². The minimum Gasteiger partial charge on any atom is -0.461 e. The summed E-state index contributed by atoms with van der Waals surface area (Å²) in [6.07, 6.45) is 5.18. The van der Waals surface area contributed by atoms with Gasteiger partial charge in [0.15, 0.2) is 11.7 Å². The minimum absolute atomic E-state index is 0. The quantitative estimate of drug-likeness (QED) is 0.258. The van der Waals surface area contributed by atoms with Crippen LogP contribution in [0.15, 0.2) is 27.8 Å². The largest absolute Gasteiger partial charge is 0.461 e. The molecule has 0 unspecified atom stereocenters. The van der Waals surface area contributed by atoms with Gasteiger partial charge >= 0.3 is 0 Å². The first-order valence-electron chi connectivity index (χ1n) is 7.80. The number of aliphatic imine (C=N–C) groups is 1. The Balaban J connectivity index is 0.00000264. The molecule has 2 rings (SSSR count). The summed E-state index contributed by atoms with van der Waals surface area (Å²) in [6.45, 7) is 6.44. The third-order valence-corrected chi connectivity index (χ3v) is 3.08. The molecular weight excluding hydrogens is 407 g/mol. The van der Waals surface area contributed by atoms with E-state index in [-0.39, 0.29) is 24.0 Å². The van der Waals surface area contributed by atoms with E-state index in [2.05, 4.69) is 37.7 Å². The molecule has 7 nitrogen and oxygen atoms in total. The average Bonchev–Trinajstić information content (AvgIpc) is 3.19. The normalized spacial score (nSPS) is 11.1. The third-order valence-electron chi connectivity index (χ3n) is 3.08. The molecule has 2 aromatic heterocycles. The zero-order valence-electron chi connectivity index (χ0n) is 13.6. The van der Waals surface area contributed by atoms with Crippen LogP contribution in [0, 0.1) is 0 Å². The van der Waals surface area contributed by atoms with Crippen molar-refractivity contribution >= 4 is 29.9 Å². The predicted octanol–water partition coefficient (Wildman–Crippen LogP) is 2.93. The first kappa shape index (κ1) is 19.5. The monoisotopic (exact) mass is 432 g/mol. The maximum absolute atomic E-state index is 5.27. The molecule has 0 amide bonds. The number of guanidine groups is 1. The SMILES string of the molecule is CCCCCNC(=NCc1nc(-c2ccco2)n[nH]1)NCC.I. The Morgan fingerprint density at radius 2 is 2.17 bits per heavy atom. The van der Waals surface area contributed by atoms with Gasteiger partial charge in [-0.05, 0) is 25.5 Å². The molecule has 23 heavy (non-hydrogen) atoms. The molecule has 2 heterocycles. The molecule has 0 aliphatic rings. The molecule has 0 saturated heterocycles. The van der Waals surface area contributed by atoms with Gasteiger partial charge in [-0.3, -0.25) is 5.10 Å². The number of rotatable bonds is 8. The van der Waals surface area contributed by atoms with Crippen LogP contribution < -0.4 is 10.6 Å². The first-order chi connectivity index (χ1) is 10.8. The molecular formula is C15H25IN6O. The molecule has 0 bridgehead atoms. The number of H-pyrrole nitrogens is 1. The first-order valence-corrected chi connectivity index (χ1v) is 7.80. The van der Waals surface area contributed by atoms with Crippen LogP contribution in [0.4, 0.5) is 0 Å². The molecule has 0 saturated carbocycles. The van der Waals surface area contributed by atoms with Gasteiger partial charge in [-0.25, -0.2) is 9.98 Å². The van der Waals surface area contributed by atoms with Gasteiger partial charge in [0.25, 0.3) is 0 Å². The van der Waals surface area contributed by atoms with E-state index in [0.717, 1.165) is 25.5 Å². The van der Waals surface area contributed by atoms with E-state index in [1.807, 2.05) is 19.1 Å². The summed E-state index contributed by atoms with van der Waals surface area (Å²) in [6, 6.07) is 3.64. The molecule has 0 aromatic carbocycles. The third kappa shape index (κ3) is 6.59.